The lowest BCUT2D eigenvalue weighted by molar-refractivity contribution is -0.132. The molecule has 0 aliphatic carbocycles. The van der Waals surface area contributed by atoms with Crippen LogP contribution in [0.25, 0.3) is 0 Å². The van der Waals surface area contributed by atoms with Crippen molar-refractivity contribution in [2.45, 2.75) is 31.6 Å². The summed E-state index contributed by atoms with van der Waals surface area (Å²) in [6.45, 7) is 0.970. The molecule has 2 unspecified atom stereocenters. The van der Waals surface area contributed by atoms with Crippen LogP contribution in [0, 0.1) is 0 Å². The molecule has 2 atom stereocenters. The van der Waals surface area contributed by atoms with Crippen molar-refractivity contribution in [1.82, 2.24) is 5.32 Å². The van der Waals surface area contributed by atoms with Gasteiger partial charge in [-0.2, -0.15) is 0 Å². The largest absolute Gasteiger partial charge is 0.497 e. The Kier molecular flexibility index (Phi) is 4.76. The molecule has 2 rings (SSSR count). The van der Waals surface area contributed by atoms with Gasteiger partial charge in [0.15, 0.2) is 0 Å². The first-order valence-electron chi connectivity index (χ1n) is 6.49. The van der Waals surface area contributed by atoms with Crippen molar-refractivity contribution in [1.29, 1.82) is 0 Å². The lowest BCUT2D eigenvalue weighted by Crippen LogP contribution is -2.35. The van der Waals surface area contributed by atoms with E-state index in [1.807, 2.05) is 24.3 Å². The fourth-order valence-corrected chi connectivity index (χ4v) is 2.12. The average molecular weight is 264 g/mol. The van der Waals surface area contributed by atoms with Gasteiger partial charge in [-0.25, -0.2) is 0 Å². The molecule has 0 spiro atoms. The number of amides is 1. The molecule has 0 radical (unpaired) electrons. The maximum atomic E-state index is 11.9. The zero-order chi connectivity index (χ0) is 13.7. The van der Waals surface area contributed by atoms with Crippen molar-refractivity contribution in [3.63, 3.8) is 0 Å². The molecule has 1 saturated heterocycles. The van der Waals surface area contributed by atoms with Crippen molar-refractivity contribution in [2.75, 3.05) is 13.7 Å². The molecule has 1 aromatic rings. The third-order valence-electron chi connectivity index (χ3n) is 3.29. The number of hydrogen-bond donors (Lipinski definition) is 2. The predicted molar refractivity (Wildman–Crippen MR) is 71.8 cm³/mol. The highest BCUT2D eigenvalue weighted by molar-refractivity contribution is 5.81. The molecule has 5 heteroatoms. The molecule has 0 saturated carbocycles. The molecule has 1 fully saturated rings. The Morgan fingerprint density at radius 1 is 1.42 bits per heavy atom. The van der Waals surface area contributed by atoms with Gasteiger partial charge in [-0.05, 0) is 30.5 Å². The molecule has 1 amide bonds. The molecule has 1 heterocycles. The molecule has 19 heavy (non-hydrogen) atoms. The van der Waals surface area contributed by atoms with E-state index in [9.17, 15) is 4.79 Å². The fourth-order valence-electron chi connectivity index (χ4n) is 2.12. The van der Waals surface area contributed by atoms with Gasteiger partial charge < -0.3 is 20.5 Å². The van der Waals surface area contributed by atoms with E-state index in [1.54, 1.807) is 7.11 Å². The monoisotopic (exact) mass is 264 g/mol. The standard InChI is InChI=1S/C14H20N2O3/c1-18-11-4-2-10(3-5-11)9-16-14(17)13-7-6-12(8-15)19-13/h2-5,12-13H,6-9,15H2,1H3,(H,16,17). The number of hydrogen-bond acceptors (Lipinski definition) is 4. The van der Waals surface area contributed by atoms with Gasteiger partial charge in [0.05, 0.1) is 13.2 Å². The lowest BCUT2D eigenvalue weighted by Gasteiger charge is -2.12. The molecule has 1 aliphatic rings. The van der Waals surface area contributed by atoms with Crippen molar-refractivity contribution in [3.05, 3.63) is 29.8 Å². The van der Waals surface area contributed by atoms with E-state index in [0.717, 1.165) is 24.2 Å². The van der Waals surface area contributed by atoms with Gasteiger partial charge in [0.2, 0.25) is 5.91 Å². The topological polar surface area (TPSA) is 73.6 Å². The van der Waals surface area contributed by atoms with E-state index in [0.29, 0.717) is 13.1 Å². The molecule has 104 valence electrons. The van der Waals surface area contributed by atoms with Crippen LogP contribution in [0.2, 0.25) is 0 Å². The Bertz CT molecular complexity index is 419. The number of benzene rings is 1. The normalized spacial score (nSPS) is 22.2. The Labute approximate surface area is 113 Å². The third kappa shape index (κ3) is 3.68. The first kappa shape index (κ1) is 13.8. The van der Waals surface area contributed by atoms with E-state index >= 15 is 0 Å². The van der Waals surface area contributed by atoms with Crippen LogP contribution in [0.3, 0.4) is 0 Å². The first-order valence-corrected chi connectivity index (χ1v) is 6.49. The number of carbonyl (C=O) groups excluding carboxylic acids is 1. The Morgan fingerprint density at radius 3 is 2.74 bits per heavy atom. The number of methoxy groups -OCH3 is 1. The summed E-state index contributed by atoms with van der Waals surface area (Å²) in [4.78, 5) is 11.9. The van der Waals surface area contributed by atoms with Crippen LogP contribution in [-0.4, -0.2) is 31.8 Å². The fraction of sp³-hybridized carbons (Fsp3) is 0.500. The first-order chi connectivity index (χ1) is 9.22. The van der Waals surface area contributed by atoms with Gasteiger partial charge in [0.25, 0.3) is 0 Å². The lowest BCUT2D eigenvalue weighted by atomic mass is 10.1. The van der Waals surface area contributed by atoms with Crippen molar-refractivity contribution in [2.24, 2.45) is 5.73 Å². The van der Waals surface area contributed by atoms with Crippen LogP contribution in [0.1, 0.15) is 18.4 Å². The highest BCUT2D eigenvalue weighted by Gasteiger charge is 2.29. The SMILES string of the molecule is COc1ccc(CNC(=O)C2CCC(CN)O2)cc1. The van der Waals surface area contributed by atoms with Crippen LogP contribution >= 0.6 is 0 Å². The summed E-state index contributed by atoms with van der Waals surface area (Å²) in [6, 6.07) is 7.60. The molecule has 0 bridgehead atoms. The van der Waals surface area contributed by atoms with Gasteiger partial charge in [-0.3, -0.25) is 4.79 Å². The highest BCUT2D eigenvalue weighted by atomic mass is 16.5. The van der Waals surface area contributed by atoms with Crippen LogP contribution in [0.15, 0.2) is 24.3 Å². The van der Waals surface area contributed by atoms with Crippen LogP contribution in [-0.2, 0) is 16.1 Å². The van der Waals surface area contributed by atoms with Gasteiger partial charge in [0.1, 0.15) is 11.9 Å². The maximum absolute atomic E-state index is 11.9. The maximum Gasteiger partial charge on any atom is 0.249 e. The Hall–Kier alpha value is -1.59. The summed E-state index contributed by atoms with van der Waals surface area (Å²) >= 11 is 0. The Balaban J connectivity index is 1.80. The average Bonchev–Trinajstić information content (AvgIpc) is 2.94. The summed E-state index contributed by atoms with van der Waals surface area (Å²) in [5.74, 6) is 0.742. The second kappa shape index (κ2) is 6.54. The molecule has 5 nitrogen and oxygen atoms in total. The van der Waals surface area contributed by atoms with E-state index in [1.165, 1.54) is 0 Å². The molecule has 1 aromatic carbocycles. The summed E-state index contributed by atoms with van der Waals surface area (Å²) in [7, 11) is 1.63. The van der Waals surface area contributed by atoms with E-state index in [-0.39, 0.29) is 18.1 Å². The number of nitrogens with two attached hydrogens (primary N) is 1. The van der Waals surface area contributed by atoms with Gasteiger partial charge >= 0.3 is 0 Å². The van der Waals surface area contributed by atoms with Crippen molar-refractivity contribution in [3.8, 4) is 5.75 Å². The van der Waals surface area contributed by atoms with Crippen LogP contribution in [0.5, 0.6) is 5.75 Å². The number of ether oxygens (including phenoxy) is 2. The van der Waals surface area contributed by atoms with Crippen LogP contribution < -0.4 is 15.8 Å². The Morgan fingerprint density at radius 2 is 2.16 bits per heavy atom. The molecule has 1 aliphatic heterocycles. The number of nitrogens with one attached hydrogen (secondary N) is 1. The summed E-state index contributed by atoms with van der Waals surface area (Å²) in [6.07, 6.45) is 1.27. The smallest absolute Gasteiger partial charge is 0.249 e. The van der Waals surface area contributed by atoms with E-state index in [4.69, 9.17) is 15.2 Å². The zero-order valence-corrected chi connectivity index (χ0v) is 11.1. The van der Waals surface area contributed by atoms with E-state index in [2.05, 4.69) is 5.32 Å². The number of carbonyl (C=O) groups is 1. The molecular formula is C14H20N2O3. The van der Waals surface area contributed by atoms with Gasteiger partial charge in [-0.1, -0.05) is 12.1 Å². The predicted octanol–water partition coefficient (Wildman–Crippen LogP) is 0.818. The van der Waals surface area contributed by atoms with Gasteiger partial charge in [-0.15, -0.1) is 0 Å². The minimum absolute atomic E-state index is 0.0248. The minimum Gasteiger partial charge on any atom is -0.497 e. The van der Waals surface area contributed by atoms with Crippen molar-refractivity contribution < 1.29 is 14.3 Å². The van der Waals surface area contributed by atoms with Gasteiger partial charge in [0, 0.05) is 13.1 Å². The summed E-state index contributed by atoms with van der Waals surface area (Å²) in [5.41, 5.74) is 6.55. The second-order valence-electron chi connectivity index (χ2n) is 4.63. The molecule has 3 N–H and O–H groups in total. The van der Waals surface area contributed by atoms with Crippen molar-refractivity contribution >= 4 is 5.91 Å². The minimum atomic E-state index is -0.355. The summed E-state index contributed by atoms with van der Waals surface area (Å²) < 4.78 is 10.6. The zero-order valence-electron chi connectivity index (χ0n) is 11.1. The highest BCUT2D eigenvalue weighted by Crippen LogP contribution is 2.19. The quantitative estimate of drug-likeness (QED) is 0.825. The van der Waals surface area contributed by atoms with E-state index < -0.39 is 0 Å². The molecule has 0 aromatic heterocycles. The summed E-state index contributed by atoms with van der Waals surface area (Å²) in [5, 5.41) is 2.88. The molecular weight excluding hydrogens is 244 g/mol. The number of rotatable bonds is 5. The second-order valence-corrected chi connectivity index (χ2v) is 4.63. The third-order valence-corrected chi connectivity index (χ3v) is 3.29. The van der Waals surface area contributed by atoms with Crippen LogP contribution in [0.4, 0.5) is 0 Å².